The monoisotopic (exact) mass is 598 g/mol. The van der Waals surface area contributed by atoms with Crippen LogP contribution in [0.4, 0.5) is 0 Å². The average Bonchev–Trinajstić information content (AvgIpc) is 2.84. The van der Waals surface area contributed by atoms with Crippen LogP contribution in [0.25, 0.3) is 0 Å². The molecule has 2 unspecified atom stereocenters. The number of carboxylic acids is 2. The molecular weight excluding hydrogens is 544 g/mol. The van der Waals surface area contributed by atoms with Gasteiger partial charge in [-0.15, -0.1) is 0 Å². The lowest BCUT2D eigenvalue weighted by Gasteiger charge is -2.39. The Labute approximate surface area is 251 Å². The number of carbonyl (C=O) groups excluding carboxylic acids is 2. The molecule has 42 heavy (non-hydrogen) atoms. The molecule has 0 amide bonds. The normalized spacial score (nSPS) is 23.4. The predicted octanol–water partition coefficient (Wildman–Crippen LogP) is 2.15. The Kier molecular flexibility index (Phi) is 14.1. The molecule has 2 fully saturated rings. The molecule has 12 heteroatoms. The summed E-state index contributed by atoms with van der Waals surface area (Å²) in [6, 6.07) is -1.25. The van der Waals surface area contributed by atoms with Gasteiger partial charge in [-0.2, -0.15) is 0 Å². The molecule has 2 heterocycles. The minimum Gasteiger partial charge on any atom is -0.481 e. The van der Waals surface area contributed by atoms with Crippen molar-refractivity contribution in [2.24, 2.45) is 0 Å². The van der Waals surface area contributed by atoms with E-state index in [0.29, 0.717) is 39.3 Å². The highest BCUT2D eigenvalue weighted by Crippen LogP contribution is 2.19. The van der Waals surface area contributed by atoms with Gasteiger partial charge in [0, 0.05) is 65.2 Å². The van der Waals surface area contributed by atoms with E-state index in [1.807, 2.05) is 41.5 Å². The van der Waals surface area contributed by atoms with Crippen molar-refractivity contribution in [3.63, 3.8) is 0 Å². The summed E-state index contributed by atoms with van der Waals surface area (Å²) < 4.78 is 11.4. The zero-order chi connectivity index (χ0) is 31.5. The van der Waals surface area contributed by atoms with Crippen molar-refractivity contribution in [1.82, 2.24) is 19.6 Å². The zero-order valence-corrected chi connectivity index (χ0v) is 26.6. The Morgan fingerprint density at radius 1 is 0.571 bits per heavy atom. The number of carbonyl (C=O) groups is 4. The smallest absolute Gasteiger partial charge is 0.323 e. The van der Waals surface area contributed by atoms with Gasteiger partial charge >= 0.3 is 23.9 Å². The van der Waals surface area contributed by atoms with Gasteiger partial charge in [0.05, 0.1) is 0 Å². The topological polar surface area (TPSA) is 140 Å². The maximum Gasteiger partial charge on any atom is 0.323 e. The number of nitrogens with zero attached hydrogens (tertiary/aromatic N) is 4. The van der Waals surface area contributed by atoms with Gasteiger partial charge in [-0.3, -0.25) is 29.0 Å². The van der Waals surface area contributed by atoms with Crippen molar-refractivity contribution in [2.75, 3.05) is 65.4 Å². The highest BCUT2D eigenvalue weighted by Gasteiger charge is 2.33. The Morgan fingerprint density at radius 3 is 1.21 bits per heavy atom. The third-order valence-electron chi connectivity index (χ3n) is 7.48. The standard InChI is InChI=1S/C30H54N4O8/c1-29(2,3)41-27(39)23(9-11-25(35)36)33-15-7-13-32-18-17-31(19-21-33)14-8-16-34(22-20-32)24(10-12-26(37)38)28(40)42-30(4,5)6/h23-24H,7-22H2,1-6H3,(H,35,36)(H,37,38)/t23-,24-/m1/s1. The van der Waals surface area contributed by atoms with E-state index in [9.17, 15) is 29.4 Å². The van der Waals surface area contributed by atoms with Crippen LogP contribution in [0.3, 0.4) is 0 Å². The molecule has 2 aliphatic rings. The highest BCUT2D eigenvalue weighted by molar-refractivity contribution is 5.78. The Bertz CT molecular complexity index is 829. The number of ether oxygens (including phenoxy) is 2. The first-order chi connectivity index (χ1) is 19.5. The van der Waals surface area contributed by atoms with E-state index in [2.05, 4.69) is 19.6 Å². The summed E-state index contributed by atoms with van der Waals surface area (Å²) in [5.41, 5.74) is -1.33. The molecule has 0 aliphatic carbocycles. The summed E-state index contributed by atoms with van der Waals surface area (Å²) in [6.45, 7) is 18.1. The first-order valence-electron chi connectivity index (χ1n) is 15.4. The van der Waals surface area contributed by atoms with Crippen molar-refractivity contribution in [3.05, 3.63) is 0 Å². The van der Waals surface area contributed by atoms with Crippen LogP contribution in [-0.4, -0.2) is 142 Å². The van der Waals surface area contributed by atoms with Crippen LogP contribution < -0.4 is 0 Å². The molecule has 0 spiro atoms. The summed E-state index contributed by atoms with van der Waals surface area (Å²) in [6.07, 6.45) is 1.78. The number of rotatable bonds is 10. The number of hydrogen-bond acceptors (Lipinski definition) is 10. The highest BCUT2D eigenvalue weighted by atomic mass is 16.6. The molecule has 2 bridgehead atoms. The van der Waals surface area contributed by atoms with Gasteiger partial charge in [0.2, 0.25) is 0 Å². The van der Waals surface area contributed by atoms with Crippen LogP contribution in [0.15, 0.2) is 0 Å². The largest absolute Gasteiger partial charge is 0.481 e. The van der Waals surface area contributed by atoms with Crippen LogP contribution >= 0.6 is 0 Å². The molecule has 242 valence electrons. The molecule has 0 aromatic carbocycles. The number of carboxylic acid groups (broad SMARTS) is 2. The molecular formula is C30H54N4O8. The van der Waals surface area contributed by atoms with Crippen molar-refractivity contribution in [3.8, 4) is 0 Å². The fourth-order valence-electron chi connectivity index (χ4n) is 5.49. The fraction of sp³-hybridized carbons (Fsp3) is 0.867. The summed E-state index contributed by atoms with van der Waals surface area (Å²) in [7, 11) is 0. The van der Waals surface area contributed by atoms with E-state index in [1.165, 1.54) is 0 Å². The van der Waals surface area contributed by atoms with E-state index in [0.717, 1.165) is 39.0 Å². The van der Waals surface area contributed by atoms with Crippen molar-refractivity contribution in [1.29, 1.82) is 0 Å². The van der Waals surface area contributed by atoms with Gasteiger partial charge in [0.15, 0.2) is 0 Å². The Balaban J connectivity index is 2.19. The zero-order valence-electron chi connectivity index (χ0n) is 26.6. The van der Waals surface area contributed by atoms with E-state index in [4.69, 9.17) is 9.47 Å². The molecule has 4 atom stereocenters. The molecule has 12 nitrogen and oxygen atoms in total. The van der Waals surface area contributed by atoms with E-state index >= 15 is 0 Å². The van der Waals surface area contributed by atoms with E-state index in [1.54, 1.807) is 0 Å². The molecule has 0 aromatic rings. The molecule has 2 aliphatic heterocycles. The van der Waals surface area contributed by atoms with Crippen LogP contribution in [0.2, 0.25) is 0 Å². The van der Waals surface area contributed by atoms with Crippen LogP contribution in [0, 0.1) is 0 Å². The molecule has 0 saturated carbocycles. The van der Waals surface area contributed by atoms with Gasteiger partial charge < -0.3 is 29.5 Å². The fourth-order valence-corrected chi connectivity index (χ4v) is 5.49. The second-order valence-electron chi connectivity index (χ2n) is 13.4. The van der Waals surface area contributed by atoms with Crippen LogP contribution in [0.1, 0.15) is 80.1 Å². The molecule has 2 saturated heterocycles. The van der Waals surface area contributed by atoms with Crippen molar-refractivity contribution in [2.45, 2.75) is 103 Å². The molecule has 2 N–H and O–H groups in total. The molecule has 2 rings (SSSR count). The summed E-state index contributed by atoms with van der Waals surface area (Å²) >= 11 is 0. The number of aliphatic carboxylic acids is 2. The first-order valence-corrected chi connectivity index (χ1v) is 15.4. The van der Waals surface area contributed by atoms with Crippen LogP contribution in [0.5, 0.6) is 0 Å². The van der Waals surface area contributed by atoms with Crippen molar-refractivity contribution < 1.29 is 38.9 Å². The number of hydrogen-bond donors (Lipinski definition) is 2. The average molecular weight is 599 g/mol. The Morgan fingerprint density at radius 2 is 0.905 bits per heavy atom. The van der Waals surface area contributed by atoms with Crippen LogP contribution in [-0.2, 0) is 28.7 Å². The van der Waals surface area contributed by atoms with Gasteiger partial charge in [-0.25, -0.2) is 0 Å². The van der Waals surface area contributed by atoms with Gasteiger partial charge in [0.25, 0.3) is 0 Å². The van der Waals surface area contributed by atoms with Gasteiger partial charge in [-0.1, -0.05) is 0 Å². The maximum absolute atomic E-state index is 13.2. The number of fused-ring (bicyclic) bond motifs is 3. The maximum atomic E-state index is 13.2. The lowest BCUT2D eigenvalue weighted by Crippen LogP contribution is -2.52. The minimum absolute atomic E-state index is 0.104. The molecule has 0 radical (unpaired) electrons. The quantitative estimate of drug-likeness (QED) is 0.356. The minimum atomic E-state index is -0.933. The number of esters is 2. The second kappa shape index (κ2) is 16.5. The van der Waals surface area contributed by atoms with E-state index < -0.39 is 35.2 Å². The Hall–Kier alpha value is -2.28. The lowest BCUT2D eigenvalue weighted by molar-refractivity contribution is -0.163. The SMILES string of the molecule is CC(C)(C)OC(=O)[C@@H](CCC(=O)O)N1CCCN2CCN(CCCN([C@H](CCC(=O)O)C(=O)OC(C)(C)C)CC2)CC1. The third-order valence-corrected chi connectivity index (χ3v) is 7.48. The molecule has 0 aromatic heterocycles. The lowest BCUT2D eigenvalue weighted by atomic mass is 10.1. The summed E-state index contributed by atoms with van der Waals surface area (Å²) in [4.78, 5) is 58.0. The van der Waals surface area contributed by atoms with E-state index in [-0.39, 0.29) is 37.6 Å². The summed E-state index contributed by atoms with van der Waals surface area (Å²) in [5.74, 6) is -2.62. The first kappa shape index (κ1) is 35.9. The van der Waals surface area contributed by atoms with Gasteiger partial charge in [-0.05, 0) is 80.3 Å². The predicted molar refractivity (Wildman–Crippen MR) is 158 cm³/mol. The second-order valence-corrected chi connectivity index (χ2v) is 13.4. The summed E-state index contributed by atoms with van der Waals surface area (Å²) in [5, 5.41) is 18.7. The van der Waals surface area contributed by atoms with Gasteiger partial charge in [0.1, 0.15) is 23.3 Å². The van der Waals surface area contributed by atoms with Crippen molar-refractivity contribution >= 4 is 23.9 Å². The third kappa shape index (κ3) is 13.8.